The summed E-state index contributed by atoms with van der Waals surface area (Å²) < 4.78 is 10.0. The number of fused-ring (bicyclic) bond motifs is 7. The van der Waals surface area contributed by atoms with Gasteiger partial charge >= 0.3 is 6.09 Å². The van der Waals surface area contributed by atoms with Gasteiger partial charge in [0.15, 0.2) is 0 Å². The molecule has 198 valence electrons. The summed E-state index contributed by atoms with van der Waals surface area (Å²) in [5.74, 6) is 0.686. The Hall–Kier alpha value is -3.75. The number of carbonyl (C=O) groups excluding carboxylic acids is 1. The summed E-state index contributed by atoms with van der Waals surface area (Å²) in [6.07, 6.45) is 5.24. The maximum atomic E-state index is 13.1. The lowest BCUT2D eigenvalue weighted by atomic mass is 10.2. The van der Waals surface area contributed by atoms with Crippen LogP contribution in [0.1, 0.15) is 58.9 Å². The third kappa shape index (κ3) is 3.47. The number of nitrogens with zero attached hydrogens (tertiary/aromatic N) is 5. The highest BCUT2D eigenvalue weighted by atomic mass is 16.6. The van der Waals surface area contributed by atoms with Crippen LogP contribution in [0.5, 0.6) is 0 Å². The van der Waals surface area contributed by atoms with E-state index in [1.54, 1.807) is 6.07 Å². The molecule has 1 amide bonds. The molecule has 7 rings (SSSR count). The molecule has 38 heavy (non-hydrogen) atoms. The van der Waals surface area contributed by atoms with E-state index in [2.05, 4.69) is 37.1 Å². The predicted octanol–water partition coefficient (Wildman–Crippen LogP) is 4.70. The fraction of sp³-hybridized carbons (Fsp3) is 0.483. The number of rotatable bonds is 2. The van der Waals surface area contributed by atoms with Crippen LogP contribution in [-0.2, 0) is 4.74 Å². The van der Waals surface area contributed by atoms with Gasteiger partial charge in [-0.25, -0.2) is 4.79 Å². The lowest BCUT2D eigenvalue weighted by Gasteiger charge is -2.36. The van der Waals surface area contributed by atoms with Crippen molar-refractivity contribution in [2.24, 2.45) is 0 Å². The molecular formula is C29H34N6O3. The van der Waals surface area contributed by atoms with Gasteiger partial charge in [0.05, 0.1) is 28.0 Å². The average Bonchev–Trinajstić information content (AvgIpc) is 3.64. The Kier molecular flexibility index (Phi) is 5.00. The van der Waals surface area contributed by atoms with Gasteiger partial charge in [0, 0.05) is 36.5 Å². The number of aromatic nitrogens is 3. The second-order valence-electron chi connectivity index (χ2n) is 12.1. The quantitative estimate of drug-likeness (QED) is 0.390. The van der Waals surface area contributed by atoms with Crippen LogP contribution in [0.3, 0.4) is 0 Å². The number of imidazole rings is 1. The van der Waals surface area contributed by atoms with Gasteiger partial charge in [-0.05, 0) is 70.4 Å². The van der Waals surface area contributed by atoms with Crippen LogP contribution in [0.15, 0.2) is 41.2 Å². The molecule has 2 bridgehead atoms. The molecule has 4 aromatic rings. The average molecular weight is 515 g/mol. The highest BCUT2D eigenvalue weighted by molar-refractivity contribution is 5.96. The first-order chi connectivity index (χ1) is 18.2. The Morgan fingerprint density at radius 2 is 1.79 bits per heavy atom. The standard InChI is InChI=1S/C29H34N6O3/c1-29(2,3)38-28(37)33-16-19-13-20(33)15-32(19)18-11-12-22-24(14-18)34(17-7-4-5-8-17)27-31-26(36)25-21(30)9-6-10-23(25)35(22)27/h6,9-12,14,17,19-20H,4-5,7-8,13,15-16,30H2,1-3H3/t19-,20-/m0/s1. The summed E-state index contributed by atoms with van der Waals surface area (Å²) in [7, 11) is 0. The summed E-state index contributed by atoms with van der Waals surface area (Å²) in [5, 5.41) is 0.471. The van der Waals surface area contributed by atoms with Crippen LogP contribution in [0.4, 0.5) is 16.2 Å². The maximum absolute atomic E-state index is 13.1. The SMILES string of the molecule is CC(C)(C)OC(=O)N1C[C@@H]2C[C@H]1CN2c1ccc2c(c1)n(C1CCCC1)c1nc(=O)c3c(N)cccc3n21. The second kappa shape index (κ2) is 8.12. The van der Waals surface area contributed by atoms with E-state index in [1.807, 2.05) is 37.8 Å². The Morgan fingerprint density at radius 1 is 1.00 bits per heavy atom. The van der Waals surface area contributed by atoms with E-state index in [4.69, 9.17) is 10.5 Å². The second-order valence-corrected chi connectivity index (χ2v) is 12.1. The predicted molar refractivity (Wildman–Crippen MR) is 149 cm³/mol. The largest absolute Gasteiger partial charge is 0.444 e. The number of likely N-dealkylation sites (tertiary alicyclic amines) is 1. The zero-order valence-corrected chi connectivity index (χ0v) is 22.2. The van der Waals surface area contributed by atoms with Crippen LogP contribution >= 0.6 is 0 Å². The number of nitrogens with two attached hydrogens (primary N) is 1. The molecule has 2 atom stereocenters. The van der Waals surface area contributed by atoms with Crippen molar-refractivity contribution in [3.63, 3.8) is 0 Å². The van der Waals surface area contributed by atoms with Crippen LogP contribution in [0, 0.1) is 0 Å². The number of hydrogen-bond acceptors (Lipinski definition) is 6. The number of amides is 1. The lowest BCUT2D eigenvalue weighted by molar-refractivity contribution is 0.0214. The fourth-order valence-corrected chi connectivity index (χ4v) is 6.91. The van der Waals surface area contributed by atoms with E-state index in [0.717, 1.165) is 48.0 Å². The Bertz CT molecular complexity index is 1660. The monoisotopic (exact) mass is 514 g/mol. The van der Waals surface area contributed by atoms with Crippen LogP contribution in [0.25, 0.3) is 27.7 Å². The Morgan fingerprint density at radius 3 is 2.50 bits per heavy atom. The van der Waals surface area contributed by atoms with Crippen molar-refractivity contribution in [2.45, 2.75) is 76.6 Å². The van der Waals surface area contributed by atoms with Gasteiger partial charge in [-0.1, -0.05) is 18.9 Å². The normalized spacial score (nSPS) is 22.0. The molecular weight excluding hydrogens is 480 g/mol. The van der Waals surface area contributed by atoms with Gasteiger partial charge in [-0.2, -0.15) is 4.98 Å². The van der Waals surface area contributed by atoms with Gasteiger partial charge in [0.25, 0.3) is 5.56 Å². The van der Waals surface area contributed by atoms with E-state index in [-0.39, 0.29) is 23.7 Å². The maximum Gasteiger partial charge on any atom is 0.410 e. The highest BCUT2D eigenvalue weighted by Crippen LogP contribution is 2.40. The summed E-state index contributed by atoms with van der Waals surface area (Å²) in [6, 6.07) is 12.9. The van der Waals surface area contributed by atoms with Gasteiger partial charge in [-0.3, -0.25) is 9.20 Å². The van der Waals surface area contributed by atoms with Crippen molar-refractivity contribution < 1.29 is 9.53 Å². The summed E-state index contributed by atoms with van der Waals surface area (Å²) in [6.45, 7) is 7.18. The molecule has 2 aromatic carbocycles. The molecule has 4 heterocycles. The molecule has 1 saturated carbocycles. The van der Waals surface area contributed by atoms with E-state index in [1.165, 1.54) is 12.8 Å². The third-order valence-corrected chi connectivity index (χ3v) is 8.50. The summed E-state index contributed by atoms with van der Waals surface area (Å²) in [4.78, 5) is 34.8. The molecule has 1 aliphatic carbocycles. The first kappa shape index (κ1) is 23.4. The Labute approximate surface area is 220 Å². The van der Waals surface area contributed by atoms with E-state index in [0.29, 0.717) is 29.4 Å². The van der Waals surface area contributed by atoms with E-state index < -0.39 is 5.60 Å². The molecule has 2 saturated heterocycles. The molecule has 0 radical (unpaired) electrons. The van der Waals surface area contributed by atoms with E-state index in [9.17, 15) is 9.59 Å². The van der Waals surface area contributed by atoms with E-state index >= 15 is 0 Å². The van der Waals surface area contributed by atoms with Crippen LogP contribution in [0.2, 0.25) is 0 Å². The molecule has 2 aliphatic heterocycles. The molecule has 3 aliphatic rings. The highest BCUT2D eigenvalue weighted by Gasteiger charge is 2.46. The topological polar surface area (TPSA) is 98.1 Å². The fourth-order valence-electron chi connectivity index (χ4n) is 6.91. The minimum absolute atomic E-state index is 0.150. The molecule has 3 fully saturated rings. The van der Waals surface area contributed by atoms with Crippen molar-refractivity contribution in [2.75, 3.05) is 23.7 Å². The first-order valence-electron chi connectivity index (χ1n) is 13.7. The molecule has 0 unspecified atom stereocenters. The summed E-state index contributed by atoms with van der Waals surface area (Å²) >= 11 is 0. The molecule has 9 nitrogen and oxygen atoms in total. The molecule has 0 spiro atoms. The number of anilines is 2. The van der Waals surface area contributed by atoms with Crippen molar-refractivity contribution >= 4 is 45.2 Å². The van der Waals surface area contributed by atoms with Gasteiger partial charge in [0.1, 0.15) is 5.60 Å². The lowest BCUT2D eigenvalue weighted by Crippen LogP contribution is -2.50. The zero-order chi connectivity index (χ0) is 26.3. The Balaban J connectivity index is 1.33. The van der Waals surface area contributed by atoms with Crippen molar-refractivity contribution in [3.8, 4) is 0 Å². The molecule has 2 aromatic heterocycles. The summed E-state index contributed by atoms with van der Waals surface area (Å²) in [5.41, 5.74) is 9.95. The number of piperazine rings is 1. The van der Waals surface area contributed by atoms with Crippen molar-refractivity contribution in [1.29, 1.82) is 0 Å². The van der Waals surface area contributed by atoms with Crippen molar-refractivity contribution in [3.05, 3.63) is 46.8 Å². The number of nitrogen functional groups attached to an aromatic ring is 1. The number of carbonyl (C=O) groups is 1. The zero-order valence-electron chi connectivity index (χ0n) is 22.2. The molecule has 2 N–H and O–H groups in total. The first-order valence-corrected chi connectivity index (χ1v) is 13.7. The van der Waals surface area contributed by atoms with Gasteiger partial charge in [-0.15, -0.1) is 0 Å². The minimum Gasteiger partial charge on any atom is -0.444 e. The van der Waals surface area contributed by atoms with Crippen molar-refractivity contribution in [1.82, 2.24) is 18.9 Å². The van der Waals surface area contributed by atoms with Gasteiger partial charge < -0.3 is 24.8 Å². The molecule has 9 heteroatoms. The number of ether oxygens (including phenoxy) is 1. The van der Waals surface area contributed by atoms with Crippen LogP contribution in [-0.4, -0.2) is 55.7 Å². The smallest absolute Gasteiger partial charge is 0.410 e. The third-order valence-electron chi connectivity index (χ3n) is 8.50. The van der Waals surface area contributed by atoms with Crippen LogP contribution < -0.4 is 16.2 Å². The minimum atomic E-state index is -0.498. The number of benzene rings is 2. The van der Waals surface area contributed by atoms with Gasteiger partial charge in [0.2, 0.25) is 5.78 Å². The number of hydrogen-bond donors (Lipinski definition) is 1.